The standard InChI is InChI=1S/C14H15N/c1-11-7-9-14(10-8-11)15-12(2)13-5-3-4-6-13/h3-10,15H,1-2H3. The van der Waals surface area contributed by atoms with Gasteiger partial charge in [0.2, 0.25) is 0 Å². The Kier molecular flexibility index (Phi) is 2.72. The zero-order valence-corrected chi connectivity index (χ0v) is 9.12. The van der Waals surface area contributed by atoms with E-state index in [-0.39, 0.29) is 0 Å². The molecule has 0 aliphatic heterocycles. The second kappa shape index (κ2) is 4.18. The van der Waals surface area contributed by atoms with Gasteiger partial charge in [-0.15, -0.1) is 0 Å². The highest BCUT2D eigenvalue weighted by Gasteiger charge is 1.99. The van der Waals surface area contributed by atoms with Crippen LogP contribution < -0.4 is 5.32 Å². The number of allylic oxidation sites excluding steroid dienone is 6. The molecule has 0 fully saturated rings. The molecule has 0 spiro atoms. The Morgan fingerprint density at radius 1 is 1.00 bits per heavy atom. The van der Waals surface area contributed by atoms with Crippen molar-refractivity contribution in [3.05, 3.63) is 65.4 Å². The Bertz CT molecular complexity index is 419. The van der Waals surface area contributed by atoms with Gasteiger partial charge in [0.25, 0.3) is 0 Å². The Morgan fingerprint density at radius 3 is 2.20 bits per heavy atom. The van der Waals surface area contributed by atoms with Crippen LogP contribution in [-0.2, 0) is 0 Å². The molecular weight excluding hydrogens is 182 g/mol. The molecule has 1 aliphatic carbocycles. The van der Waals surface area contributed by atoms with Gasteiger partial charge in [0, 0.05) is 11.4 Å². The summed E-state index contributed by atoms with van der Waals surface area (Å²) >= 11 is 0. The molecule has 0 bridgehead atoms. The summed E-state index contributed by atoms with van der Waals surface area (Å²) in [4.78, 5) is 0. The van der Waals surface area contributed by atoms with Crippen molar-refractivity contribution in [1.29, 1.82) is 0 Å². The predicted octanol–water partition coefficient (Wildman–Crippen LogP) is 3.81. The molecule has 1 heteroatoms. The lowest BCUT2D eigenvalue weighted by atomic mass is 10.2. The molecule has 1 N–H and O–H groups in total. The largest absolute Gasteiger partial charge is 0.359 e. The van der Waals surface area contributed by atoms with E-state index in [1.54, 1.807) is 0 Å². The van der Waals surface area contributed by atoms with Crippen molar-refractivity contribution in [3.63, 3.8) is 0 Å². The first kappa shape index (κ1) is 9.78. The van der Waals surface area contributed by atoms with Crippen molar-refractivity contribution in [2.45, 2.75) is 13.8 Å². The SMILES string of the molecule is CC(Nc1ccc(C)cc1)=C1C=CC=C1. The molecule has 0 saturated heterocycles. The van der Waals surface area contributed by atoms with Crippen LogP contribution >= 0.6 is 0 Å². The Morgan fingerprint density at radius 2 is 1.60 bits per heavy atom. The van der Waals surface area contributed by atoms with Gasteiger partial charge in [-0.25, -0.2) is 0 Å². The first-order chi connectivity index (χ1) is 7.25. The zero-order valence-electron chi connectivity index (χ0n) is 9.12. The van der Waals surface area contributed by atoms with Crippen LogP contribution in [-0.4, -0.2) is 0 Å². The lowest BCUT2D eigenvalue weighted by molar-refractivity contribution is 1.33. The normalized spacial score (nSPS) is 13.3. The minimum Gasteiger partial charge on any atom is -0.359 e. The number of nitrogens with one attached hydrogen (secondary N) is 1. The van der Waals surface area contributed by atoms with E-state index in [1.807, 2.05) is 0 Å². The van der Waals surface area contributed by atoms with Gasteiger partial charge in [-0.05, 0) is 31.6 Å². The van der Waals surface area contributed by atoms with Crippen LogP contribution in [0.2, 0.25) is 0 Å². The topological polar surface area (TPSA) is 12.0 Å². The van der Waals surface area contributed by atoms with Crippen LogP contribution in [0.1, 0.15) is 12.5 Å². The molecule has 0 heterocycles. The summed E-state index contributed by atoms with van der Waals surface area (Å²) < 4.78 is 0. The monoisotopic (exact) mass is 197 g/mol. The summed E-state index contributed by atoms with van der Waals surface area (Å²) in [5, 5.41) is 3.39. The molecule has 0 unspecified atom stereocenters. The van der Waals surface area contributed by atoms with Crippen molar-refractivity contribution >= 4 is 5.69 Å². The van der Waals surface area contributed by atoms with Crippen molar-refractivity contribution in [1.82, 2.24) is 0 Å². The van der Waals surface area contributed by atoms with E-state index in [9.17, 15) is 0 Å². The van der Waals surface area contributed by atoms with Gasteiger partial charge >= 0.3 is 0 Å². The highest BCUT2D eigenvalue weighted by atomic mass is 14.9. The van der Waals surface area contributed by atoms with Crippen LogP contribution in [0.3, 0.4) is 0 Å². The molecule has 2 rings (SSSR count). The summed E-state index contributed by atoms with van der Waals surface area (Å²) in [5.41, 5.74) is 4.85. The lowest BCUT2D eigenvalue weighted by Gasteiger charge is -2.08. The van der Waals surface area contributed by atoms with E-state index in [4.69, 9.17) is 0 Å². The smallest absolute Gasteiger partial charge is 0.0382 e. The Labute approximate surface area is 90.8 Å². The third-order valence-corrected chi connectivity index (χ3v) is 2.48. The van der Waals surface area contributed by atoms with Crippen molar-refractivity contribution in [3.8, 4) is 0 Å². The fraction of sp³-hybridized carbons (Fsp3) is 0.143. The fourth-order valence-electron chi connectivity index (χ4n) is 1.55. The number of anilines is 1. The van der Waals surface area contributed by atoms with Gasteiger partial charge in [-0.1, -0.05) is 42.0 Å². The van der Waals surface area contributed by atoms with Gasteiger partial charge in [0.05, 0.1) is 0 Å². The predicted molar refractivity (Wildman–Crippen MR) is 65.8 cm³/mol. The molecule has 0 radical (unpaired) electrons. The molecule has 0 aromatic heterocycles. The van der Waals surface area contributed by atoms with Gasteiger partial charge in [0.15, 0.2) is 0 Å². The molecule has 1 aromatic carbocycles. The molecule has 1 nitrogen and oxygen atoms in total. The minimum absolute atomic E-state index is 1.14. The Balaban J connectivity index is 2.15. The molecule has 1 aliphatic rings. The number of aryl methyl sites for hydroxylation is 1. The van der Waals surface area contributed by atoms with Crippen LogP contribution in [0.25, 0.3) is 0 Å². The number of hydrogen-bond donors (Lipinski definition) is 1. The second-order valence-corrected chi connectivity index (χ2v) is 3.79. The second-order valence-electron chi connectivity index (χ2n) is 3.79. The van der Waals surface area contributed by atoms with Crippen LogP contribution in [0.15, 0.2) is 59.8 Å². The highest BCUT2D eigenvalue weighted by Crippen LogP contribution is 2.16. The van der Waals surface area contributed by atoms with Crippen molar-refractivity contribution in [2.75, 3.05) is 5.32 Å². The summed E-state index contributed by atoms with van der Waals surface area (Å²) in [6.45, 7) is 4.19. The van der Waals surface area contributed by atoms with E-state index in [1.165, 1.54) is 16.8 Å². The quantitative estimate of drug-likeness (QED) is 0.760. The molecule has 76 valence electrons. The van der Waals surface area contributed by atoms with E-state index in [0.717, 1.165) is 5.69 Å². The van der Waals surface area contributed by atoms with Gasteiger partial charge in [-0.2, -0.15) is 0 Å². The molecule has 1 aromatic rings. The first-order valence-corrected chi connectivity index (χ1v) is 5.15. The maximum atomic E-state index is 3.39. The zero-order chi connectivity index (χ0) is 10.7. The third kappa shape index (κ3) is 2.38. The minimum atomic E-state index is 1.14. The number of hydrogen-bond acceptors (Lipinski definition) is 1. The van der Waals surface area contributed by atoms with Gasteiger partial charge in [-0.3, -0.25) is 0 Å². The average Bonchev–Trinajstić information content (AvgIpc) is 2.74. The number of rotatable bonds is 2. The van der Waals surface area contributed by atoms with Crippen LogP contribution in [0.4, 0.5) is 5.69 Å². The maximum Gasteiger partial charge on any atom is 0.0382 e. The summed E-state index contributed by atoms with van der Waals surface area (Å²) in [5.74, 6) is 0. The number of benzene rings is 1. The van der Waals surface area contributed by atoms with Crippen LogP contribution in [0.5, 0.6) is 0 Å². The van der Waals surface area contributed by atoms with E-state index in [2.05, 4.69) is 67.7 Å². The van der Waals surface area contributed by atoms with Crippen molar-refractivity contribution in [2.24, 2.45) is 0 Å². The lowest BCUT2D eigenvalue weighted by Crippen LogP contribution is -1.97. The summed E-state index contributed by atoms with van der Waals surface area (Å²) in [6.07, 6.45) is 8.32. The van der Waals surface area contributed by atoms with Gasteiger partial charge < -0.3 is 5.32 Å². The molecule has 0 saturated carbocycles. The molecule has 15 heavy (non-hydrogen) atoms. The van der Waals surface area contributed by atoms with E-state index >= 15 is 0 Å². The summed E-state index contributed by atoms with van der Waals surface area (Å²) in [7, 11) is 0. The van der Waals surface area contributed by atoms with Crippen molar-refractivity contribution < 1.29 is 0 Å². The first-order valence-electron chi connectivity index (χ1n) is 5.15. The van der Waals surface area contributed by atoms with Gasteiger partial charge in [0.1, 0.15) is 0 Å². The average molecular weight is 197 g/mol. The van der Waals surface area contributed by atoms with E-state index < -0.39 is 0 Å². The highest BCUT2D eigenvalue weighted by molar-refractivity contribution is 5.53. The maximum absolute atomic E-state index is 3.39. The molecular formula is C14H15N. The summed E-state index contributed by atoms with van der Waals surface area (Å²) in [6, 6.07) is 8.42. The fourth-order valence-corrected chi connectivity index (χ4v) is 1.55. The third-order valence-electron chi connectivity index (χ3n) is 2.48. The molecule has 0 amide bonds. The van der Waals surface area contributed by atoms with E-state index in [0.29, 0.717) is 0 Å². The molecule has 0 atom stereocenters. The Hall–Kier alpha value is -1.76. The van der Waals surface area contributed by atoms with Crippen LogP contribution in [0, 0.1) is 6.92 Å².